The first kappa shape index (κ1) is 15.0. The molecule has 0 unspecified atom stereocenters. The molecule has 0 aliphatic rings. The van der Waals surface area contributed by atoms with E-state index < -0.39 is 19.9 Å². The van der Waals surface area contributed by atoms with Crippen molar-refractivity contribution in [2.45, 2.75) is 26.6 Å². The van der Waals surface area contributed by atoms with Crippen molar-refractivity contribution in [2.75, 3.05) is 0 Å². The van der Waals surface area contributed by atoms with Crippen LogP contribution < -0.4 is 0 Å². The lowest BCUT2D eigenvalue weighted by molar-refractivity contribution is 0.568. The minimum Gasteiger partial charge on any atom is -0.314 e. The van der Waals surface area contributed by atoms with Gasteiger partial charge in [-0.3, -0.25) is 0 Å². The average molecular weight is 327 g/mol. The van der Waals surface area contributed by atoms with E-state index >= 15 is 0 Å². The van der Waals surface area contributed by atoms with Crippen LogP contribution in [0.4, 0.5) is 0 Å². The number of hydrogen-bond donors (Lipinski definition) is 0. The summed E-state index contributed by atoms with van der Waals surface area (Å²) in [5.74, 6) is 0. The molecule has 0 saturated heterocycles. The number of alkyl halides is 6. The van der Waals surface area contributed by atoms with Gasteiger partial charge < -0.3 is 4.57 Å². The zero-order valence-corrected chi connectivity index (χ0v) is 12.1. The van der Waals surface area contributed by atoms with Crippen molar-refractivity contribution in [3.8, 4) is 0 Å². The Morgan fingerprint density at radius 2 is 1.15 bits per heavy atom. The van der Waals surface area contributed by atoms with Crippen LogP contribution in [0, 0.1) is 0 Å². The van der Waals surface area contributed by atoms with Gasteiger partial charge in [-0.2, -0.15) is 0 Å². The minimum absolute atomic E-state index is 0.521. The van der Waals surface area contributed by atoms with Gasteiger partial charge >= 0.3 is 0 Å². The summed E-state index contributed by atoms with van der Waals surface area (Å²) in [6, 6.07) is 0. The van der Waals surface area contributed by atoms with Gasteiger partial charge in [-0.15, -0.1) is 0 Å². The summed E-state index contributed by atoms with van der Waals surface area (Å²) < 4.78 is 8.04. The Labute approximate surface area is 107 Å². The fraction of sp³-hybridized carbons (Fsp3) is 1.00. The Kier molecular flexibility index (Phi) is 5.13. The third-order valence-electron chi connectivity index (χ3n) is 1.48. The van der Waals surface area contributed by atoms with Gasteiger partial charge in [0.2, 0.25) is 7.07 Å². The van der Waals surface area contributed by atoms with Crippen LogP contribution in [0.25, 0.3) is 0 Å². The van der Waals surface area contributed by atoms with E-state index in [2.05, 4.69) is 0 Å². The molecular weight excluding hydrogens is 320 g/mol. The van der Waals surface area contributed by atoms with E-state index in [0.717, 1.165) is 0 Å². The van der Waals surface area contributed by atoms with E-state index in [1.54, 1.807) is 13.8 Å². The minimum atomic E-state index is -3.57. The summed E-state index contributed by atoms with van der Waals surface area (Å²) in [4.78, 5) is 0. The first-order chi connectivity index (χ1) is 5.44. The zero-order valence-electron chi connectivity index (χ0n) is 6.70. The van der Waals surface area contributed by atoms with Crippen LogP contribution in [0.1, 0.15) is 13.8 Å². The van der Waals surface area contributed by atoms with Crippen LogP contribution in [0.3, 0.4) is 0 Å². The molecule has 0 atom stereocenters. The summed E-state index contributed by atoms with van der Waals surface area (Å²) in [5.41, 5.74) is -0.521. The Bertz CT molecular complexity index is 208. The highest BCUT2D eigenvalue weighted by Gasteiger charge is 2.59. The van der Waals surface area contributed by atoms with Gasteiger partial charge in [0.25, 0.3) is 0 Å². The third-order valence-corrected chi connectivity index (χ3v) is 8.96. The summed E-state index contributed by atoms with van der Waals surface area (Å²) in [5, 5.41) is 0. The first-order valence-electron chi connectivity index (χ1n) is 3.18. The first-order valence-corrected chi connectivity index (χ1v) is 7.22. The second kappa shape index (κ2) is 4.45. The van der Waals surface area contributed by atoms with Gasteiger partial charge in [-0.25, -0.2) is 0 Å². The summed E-state index contributed by atoms with van der Waals surface area (Å²) in [7, 11) is -3.57. The molecule has 8 heteroatoms. The highest BCUT2D eigenvalue weighted by molar-refractivity contribution is 7.78. The fourth-order valence-corrected chi connectivity index (χ4v) is 9.15. The molecular formula is C5H7Cl6OP. The highest BCUT2D eigenvalue weighted by Crippen LogP contribution is 2.78. The Morgan fingerprint density at radius 1 is 0.923 bits per heavy atom. The van der Waals surface area contributed by atoms with E-state index in [0.29, 0.717) is 0 Å². The molecule has 1 nitrogen and oxygen atoms in total. The molecule has 0 aromatic rings. The van der Waals surface area contributed by atoms with Gasteiger partial charge in [-0.05, 0) is 0 Å². The Balaban J connectivity index is 5.37. The molecule has 0 radical (unpaired) electrons. The molecule has 0 spiro atoms. The lowest BCUT2D eigenvalue weighted by Crippen LogP contribution is -2.23. The van der Waals surface area contributed by atoms with Crippen molar-refractivity contribution < 1.29 is 4.57 Å². The smallest absolute Gasteiger partial charge is 0.246 e. The number of hydrogen-bond acceptors (Lipinski definition) is 1. The maximum Gasteiger partial charge on any atom is 0.246 e. The Hall–Kier alpha value is 1.97. The van der Waals surface area contributed by atoms with Crippen molar-refractivity contribution in [3.05, 3.63) is 0 Å². The van der Waals surface area contributed by atoms with Crippen LogP contribution in [-0.2, 0) is 4.57 Å². The molecule has 0 aliphatic carbocycles. The standard InChI is InChI=1S/C5H7Cl6OP/c1-3(2)13(12,4(6,7)8)5(9,10)11/h3H,1-2H3. The van der Waals surface area contributed by atoms with Gasteiger partial charge in [0.15, 0.2) is 7.14 Å². The molecule has 0 fully saturated rings. The van der Waals surface area contributed by atoms with E-state index in [1.807, 2.05) is 0 Å². The van der Waals surface area contributed by atoms with Crippen LogP contribution >= 0.6 is 76.7 Å². The zero-order chi connectivity index (χ0) is 11.1. The molecule has 0 saturated carbocycles. The van der Waals surface area contributed by atoms with Crippen LogP contribution in [0.2, 0.25) is 0 Å². The van der Waals surface area contributed by atoms with E-state index in [-0.39, 0.29) is 0 Å². The maximum absolute atomic E-state index is 12.2. The van der Waals surface area contributed by atoms with E-state index in [9.17, 15) is 4.57 Å². The predicted octanol–water partition coefficient (Wildman–Crippen LogP) is 5.41. The second-order valence-electron chi connectivity index (χ2n) is 2.69. The third kappa shape index (κ3) is 2.97. The van der Waals surface area contributed by atoms with Crippen molar-refractivity contribution in [1.29, 1.82) is 0 Å². The molecule has 0 aromatic heterocycles. The van der Waals surface area contributed by atoms with Gasteiger partial charge in [-0.1, -0.05) is 83.5 Å². The van der Waals surface area contributed by atoms with Gasteiger partial charge in [0.05, 0.1) is 0 Å². The number of halogens is 6. The molecule has 0 bridgehead atoms. The average Bonchev–Trinajstić information content (AvgIpc) is 1.80. The van der Waals surface area contributed by atoms with Crippen LogP contribution in [-0.4, -0.2) is 12.7 Å². The molecule has 0 amide bonds. The molecule has 0 N–H and O–H groups in total. The molecule has 0 aliphatic heterocycles. The highest BCUT2D eigenvalue weighted by atomic mass is 35.6. The topological polar surface area (TPSA) is 17.1 Å². The second-order valence-corrected chi connectivity index (χ2v) is 12.5. The van der Waals surface area contributed by atoms with E-state index in [1.165, 1.54) is 0 Å². The lowest BCUT2D eigenvalue weighted by Gasteiger charge is -2.33. The quantitative estimate of drug-likeness (QED) is 0.465. The molecule has 80 valence electrons. The molecule has 0 rings (SSSR count). The summed E-state index contributed by atoms with van der Waals surface area (Å²) in [6.45, 7) is 3.15. The van der Waals surface area contributed by atoms with E-state index in [4.69, 9.17) is 69.6 Å². The number of rotatable bonds is 1. The predicted molar refractivity (Wildman–Crippen MR) is 63.3 cm³/mol. The van der Waals surface area contributed by atoms with Gasteiger partial charge in [0.1, 0.15) is 0 Å². The SMILES string of the molecule is CC(C)P(=O)(C(Cl)(Cl)Cl)C(Cl)(Cl)Cl. The molecule has 13 heavy (non-hydrogen) atoms. The monoisotopic (exact) mass is 324 g/mol. The lowest BCUT2D eigenvalue weighted by atomic mass is 10.6. The molecule has 0 aromatic carbocycles. The van der Waals surface area contributed by atoms with Crippen LogP contribution in [0.5, 0.6) is 0 Å². The Morgan fingerprint density at radius 3 is 1.15 bits per heavy atom. The largest absolute Gasteiger partial charge is 0.314 e. The molecule has 0 heterocycles. The van der Waals surface area contributed by atoms with Gasteiger partial charge in [0, 0.05) is 5.66 Å². The fourth-order valence-electron chi connectivity index (χ4n) is 0.729. The van der Waals surface area contributed by atoms with Crippen molar-refractivity contribution in [3.63, 3.8) is 0 Å². The van der Waals surface area contributed by atoms with Crippen LogP contribution in [0.15, 0.2) is 0 Å². The normalized spacial score (nSPS) is 15.2. The maximum atomic E-state index is 12.2. The van der Waals surface area contributed by atoms with Crippen molar-refractivity contribution in [2.24, 2.45) is 0 Å². The van der Waals surface area contributed by atoms with Crippen molar-refractivity contribution >= 4 is 76.7 Å². The van der Waals surface area contributed by atoms with Crippen molar-refractivity contribution in [1.82, 2.24) is 0 Å². The summed E-state index contributed by atoms with van der Waals surface area (Å²) in [6.07, 6.45) is 0. The summed E-state index contributed by atoms with van der Waals surface area (Å²) >= 11 is 33.2.